The van der Waals surface area contributed by atoms with Crippen LogP contribution in [0.5, 0.6) is 0 Å². The molecule has 0 aliphatic heterocycles. The SMILES string of the molecule is CCC(C)CN(C)c1ccc(C)c(N)c1. The standard InChI is InChI=1S/C13H22N2/c1-5-10(2)9-15(4)12-7-6-11(3)13(14)8-12/h6-8,10H,5,9,14H2,1-4H3. The van der Waals surface area contributed by atoms with Gasteiger partial charge in [0.15, 0.2) is 0 Å². The van der Waals surface area contributed by atoms with E-state index in [2.05, 4.69) is 44.0 Å². The van der Waals surface area contributed by atoms with Gasteiger partial charge in [0.2, 0.25) is 0 Å². The summed E-state index contributed by atoms with van der Waals surface area (Å²) in [5.41, 5.74) is 9.13. The molecule has 0 radical (unpaired) electrons. The maximum Gasteiger partial charge on any atom is 0.0384 e. The van der Waals surface area contributed by atoms with Gasteiger partial charge in [-0.05, 0) is 30.5 Å². The molecule has 2 N–H and O–H groups in total. The summed E-state index contributed by atoms with van der Waals surface area (Å²) in [6.45, 7) is 7.61. The van der Waals surface area contributed by atoms with E-state index < -0.39 is 0 Å². The molecule has 0 aromatic heterocycles. The highest BCUT2D eigenvalue weighted by Crippen LogP contribution is 2.20. The van der Waals surface area contributed by atoms with Crippen molar-refractivity contribution in [1.29, 1.82) is 0 Å². The molecule has 0 saturated heterocycles. The Hall–Kier alpha value is -1.18. The second kappa shape index (κ2) is 5.06. The predicted octanol–water partition coefficient (Wildman–Crippen LogP) is 3.06. The van der Waals surface area contributed by atoms with Crippen LogP contribution >= 0.6 is 0 Å². The zero-order valence-corrected chi connectivity index (χ0v) is 10.2. The van der Waals surface area contributed by atoms with E-state index >= 15 is 0 Å². The third kappa shape index (κ3) is 3.15. The van der Waals surface area contributed by atoms with Crippen molar-refractivity contribution < 1.29 is 0 Å². The molecule has 1 aromatic rings. The molecule has 0 bridgehead atoms. The fourth-order valence-electron chi connectivity index (χ4n) is 1.57. The molecule has 15 heavy (non-hydrogen) atoms. The molecule has 0 heterocycles. The third-order valence-electron chi connectivity index (χ3n) is 2.99. The lowest BCUT2D eigenvalue weighted by Gasteiger charge is -2.23. The molecule has 1 aromatic carbocycles. The lowest BCUT2D eigenvalue weighted by molar-refractivity contribution is 0.560. The number of hydrogen-bond acceptors (Lipinski definition) is 2. The molecule has 1 atom stereocenters. The van der Waals surface area contributed by atoms with Gasteiger partial charge < -0.3 is 10.6 Å². The first-order chi connectivity index (χ1) is 7.04. The van der Waals surface area contributed by atoms with Crippen LogP contribution in [0.15, 0.2) is 18.2 Å². The molecule has 0 fully saturated rings. The highest BCUT2D eigenvalue weighted by atomic mass is 15.1. The van der Waals surface area contributed by atoms with Crippen molar-refractivity contribution in [3.05, 3.63) is 23.8 Å². The van der Waals surface area contributed by atoms with Crippen LogP contribution in [0.2, 0.25) is 0 Å². The number of aryl methyl sites for hydroxylation is 1. The Morgan fingerprint density at radius 3 is 2.60 bits per heavy atom. The van der Waals surface area contributed by atoms with Gasteiger partial charge in [-0.1, -0.05) is 26.3 Å². The lowest BCUT2D eigenvalue weighted by Crippen LogP contribution is -2.23. The van der Waals surface area contributed by atoms with Crippen LogP contribution in [0.3, 0.4) is 0 Å². The van der Waals surface area contributed by atoms with Crippen LogP contribution < -0.4 is 10.6 Å². The molecule has 1 rings (SSSR count). The van der Waals surface area contributed by atoms with Crippen molar-refractivity contribution in [2.45, 2.75) is 27.2 Å². The first kappa shape index (κ1) is 11.9. The zero-order valence-electron chi connectivity index (χ0n) is 10.2. The van der Waals surface area contributed by atoms with Crippen LogP contribution in [-0.2, 0) is 0 Å². The highest BCUT2D eigenvalue weighted by molar-refractivity contribution is 5.59. The molecule has 84 valence electrons. The van der Waals surface area contributed by atoms with E-state index in [1.54, 1.807) is 0 Å². The summed E-state index contributed by atoms with van der Waals surface area (Å²) < 4.78 is 0. The van der Waals surface area contributed by atoms with E-state index in [0.29, 0.717) is 0 Å². The molecular weight excluding hydrogens is 184 g/mol. The summed E-state index contributed by atoms with van der Waals surface area (Å²) >= 11 is 0. The van der Waals surface area contributed by atoms with E-state index in [1.807, 2.05) is 6.92 Å². The maximum absolute atomic E-state index is 5.90. The predicted molar refractivity (Wildman–Crippen MR) is 68.3 cm³/mol. The summed E-state index contributed by atoms with van der Waals surface area (Å²) in [6, 6.07) is 6.27. The minimum absolute atomic E-state index is 0.720. The molecule has 2 heteroatoms. The van der Waals surface area contributed by atoms with Crippen molar-refractivity contribution in [2.75, 3.05) is 24.2 Å². The summed E-state index contributed by atoms with van der Waals surface area (Å²) in [5.74, 6) is 0.720. The molecule has 0 spiro atoms. The summed E-state index contributed by atoms with van der Waals surface area (Å²) in [7, 11) is 2.12. The Balaban J connectivity index is 2.73. The number of benzene rings is 1. The highest BCUT2D eigenvalue weighted by Gasteiger charge is 2.06. The van der Waals surface area contributed by atoms with Gasteiger partial charge >= 0.3 is 0 Å². The Kier molecular flexibility index (Phi) is 4.01. The van der Waals surface area contributed by atoms with E-state index in [1.165, 1.54) is 12.1 Å². The Labute approximate surface area is 93.1 Å². The Morgan fingerprint density at radius 1 is 1.40 bits per heavy atom. The van der Waals surface area contributed by atoms with Gasteiger partial charge in [-0.3, -0.25) is 0 Å². The summed E-state index contributed by atoms with van der Waals surface area (Å²) in [5, 5.41) is 0. The van der Waals surface area contributed by atoms with Crippen LogP contribution in [0, 0.1) is 12.8 Å². The van der Waals surface area contributed by atoms with E-state index in [9.17, 15) is 0 Å². The van der Waals surface area contributed by atoms with Gasteiger partial charge in [-0.15, -0.1) is 0 Å². The minimum atomic E-state index is 0.720. The van der Waals surface area contributed by atoms with Crippen molar-refractivity contribution in [3.63, 3.8) is 0 Å². The van der Waals surface area contributed by atoms with Crippen LogP contribution in [0.1, 0.15) is 25.8 Å². The Morgan fingerprint density at radius 2 is 2.07 bits per heavy atom. The molecule has 1 unspecified atom stereocenters. The molecular formula is C13H22N2. The van der Waals surface area contributed by atoms with Crippen molar-refractivity contribution in [1.82, 2.24) is 0 Å². The summed E-state index contributed by atoms with van der Waals surface area (Å²) in [4.78, 5) is 2.27. The number of nitrogens with zero attached hydrogens (tertiary/aromatic N) is 1. The van der Waals surface area contributed by atoms with Gasteiger partial charge in [0.1, 0.15) is 0 Å². The van der Waals surface area contributed by atoms with E-state index in [0.717, 1.165) is 23.7 Å². The van der Waals surface area contributed by atoms with Crippen molar-refractivity contribution >= 4 is 11.4 Å². The number of hydrogen-bond donors (Lipinski definition) is 1. The van der Waals surface area contributed by atoms with Gasteiger partial charge in [0.05, 0.1) is 0 Å². The zero-order chi connectivity index (χ0) is 11.4. The molecule has 0 aliphatic rings. The fourth-order valence-corrected chi connectivity index (χ4v) is 1.57. The smallest absolute Gasteiger partial charge is 0.0384 e. The van der Waals surface area contributed by atoms with Crippen molar-refractivity contribution in [2.24, 2.45) is 5.92 Å². The number of nitrogen functional groups attached to an aromatic ring is 1. The molecule has 0 saturated carbocycles. The summed E-state index contributed by atoms with van der Waals surface area (Å²) in [6.07, 6.45) is 1.21. The second-order valence-corrected chi connectivity index (χ2v) is 4.43. The van der Waals surface area contributed by atoms with Gasteiger partial charge in [0, 0.05) is 25.0 Å². The fraction of sp³-hybridized carbons (Fsp3) is 0.538. The van der Waals surface area contributed by atoms with Crippen LogP contribution in [0.25, 0.3) is 0 Å². The number of nitrogens with two attached hydrogens (primary N) is 1. The average molecular weight is 206 g/mol. The molecule has 0 aliphatic carbocycles. The van der Waals surface area contributed by atoms with Crippen LogP contribution in [0.4, 0.5) is 11.4 Å². The monoisotopic (exact) mass is 206 g/mol. The number of rotatable bonds is 4. The van der Waals surface area contributed by atoms with Crippen LogP contribution in [-0.4, -0.2) is 13.6 Å². The molecule has 0 amide bonds. The average Bonchev–Trinajstić information content (AvgIpc) is 2.21. The second-order valence-electron chi connectivity index (χ2n) is 4.43. The number of anilines is 2. The van der Waals surface area contributed by atoms with E-state index in [4.69, 9.17) is 5.73 Å². The van der Waals surface area contributed by atoms with Gasteiger partial charge in [-0.2, -0.15) is 0 Å². The first-order valence-electron chi connectivity index (χ1n) is 5.61. The topological polar surface area (TPSA) is 29.3 Å². The Bertz CT molecular complexity index is 320. The largest absolute Gasteiger partial charge is 0.398 e. The third-order valence-corrected chi connectivity index (χ3v) is 2.99. The lowest BCUT2D eigenvalue weighted by atomic mass is 10.1. The van der Waals surface area contributed by atoms with Crippen molar-refractivity contribution in [3.8, 4) is 0 Å². The van der Waals surface area contributed by atoms with Gasteiger partial charge in [0.25, 0.3) is 0 Å². The van der Waals surface area contributed by atoms with Gasteiger partial charge in [-0.25, -0.2) is 0 Å². The molecule has 2 nitrogen and oxygen atoms in total. The van der Waals surface area contributed by atoms with E-state index in [-0.39, 0.29) is 0 Å². The minimum Gasteiger partial charge on any atom is -0.398 e. The normalized spacial score (nSPS) is 12.5. The first-order valence-corrected chi connectivity index (χ1v) is 5.61. The maximum atomic E-state index is 5.90. The quantitative estimate of drug-likeness (QED) is 0.767.